The molecule has 106 valence electrons. The van der Waals surface area contributed by atoms with Crippen LogP contribution in [0.15, 0.2) is 18.2 Å². The number of benzene rings is 1. The summed E-state index contributed by atoms with van der Waals surface area (Å²) in [5, 5.41) is 0. The fourth-order valence-electron chi connectivity index (χ4n) is 1.91. The average Bonchev–Trinajstić information content (AvgIpc) is 2.42. The molecule has 0 amide bonds. The van der Waals surface area contributed by atoms with Gasteiger partial charge in [0.1, 0.15) is 11.3 Å². The van der Waals surface area contributed by atoms with Crippen molar-refractivity contribution in [2.45, 2.75) is 6.92 Å². The summed E-state index contributed by atoms with van der Waals surface area (Å²) < 4.78 is 15.1. The lowest BCUT2D eigenvalue weighted by molar-refractivity contribution is -0.0465. The molecule has 4 heteroatoms. The maximum Gasteiger partial charge on any atom is 0.341 e. The standard InChI is InChI=1S/C16H18O4/c1-11(13-9-20-10-13)4-5-12-6-7-14(16(17)19-3)15(8-12)18-2/h6-8,11,13H,9-10H2,1-3H3. The first-order valence-corrected chi connectivity index (χ1v) is 6.51. The summed E-state index contributed by atoms with van der Waals surface area (Å²) in [5.41, 5.74) is 1.22. The van der Waals surface area contributed by atoms with Gasteiger partial charge in [-0.25, -0.2) is 4.79 Å². The molecule has 20 heavy (non-hydrogen) atoms. The number of carbonyl (C=O) groups is 1. The minimum absolute atomic E-state index is 0.301. The average molecular weight is 274 g/mol. The summed E-state index contributed by atoms with van der Waals surface area (Å²) in [6.45, 7) is 3.68. The Morgan fingerprint density at radius 2 is 2.15 bits per heavy atom. The Hall–Kier alpha value is -1.99. The van der Waals surface area contributed by atoms with E-state index in [-0.39, 0.29) is 0 Å². The molecular formula is C16H18O4. The number of methoxy groups -OCH3 is 2. The zero-order valence-electron chi connectivity index (χ0n) is 11.9. The molecule has 0 radical (unpaired) electrons. The Labute approximate surface area is 119 Å². The van der Waals surface area contributed by atoms with Gasteiger partial charge in [0.25, 0.3) is 0 Å². The Bertz CT molecular complexity index is 549. The van der Waals surface area contributed by atoms with Gasteiger partial charge in [0.2, 0.25) is 0 Å². The quantitative estimate of drug-likeness (QED) is 0.625. The van der Waals surface area contributed by atoms with Crippen LogP contribution < -0.4 is 4.74 Å². The molecule has 0 aliphatic carbocycles. The van der Waals surface area contributed by atoms with Gasteiger partial charge in [-0.3, -0.25) is 0 Å². The van der Waals surface area contributed by atoms with Gasteiger partial charge in [0.15, 0.2) is 0 Å². The molecule has 1 heterocycles. The molecule has 1 atom stereocenters. The Morgan fingerprint density at radius 1 is 1.40 bits per heavy atom. The molecule has 1 unspecified atom stereocenters. The maximum absolute atomic E-state index is 11.6. The van der Waals surface area contributed by atoms with E-state index in [2.05, 4.69) is 18.8 Å². The van der Waals surface area contributed by atoms with E-state index in [1.165, 1.54) is 14.2 Å². The Balaban J connectivity index is 2.17. The predicted molar refractivity (Wildman–Crippen MR) is 74.7 cm³/mol. The van der Waals surface area contributed by atoms with Crippen LogP contribution >= 0.6 is 0 Å². The molecule has 1 fully saturated rings. The first kappa shape index (κ1) is 14.4. The number of esters is 1. The SMILES string of the molecule is COC(=O)c1ccc(C#CC(C)C2COC2)cc1OC. The fraction of sp³-hybridized carbons (Fsp3) is 0.438. The van der Waals surface area contributed by atoms with E-state index in [1.807, 2.05) is 0 Å². The number of rotatable bonds is 3. The van der Waals surface area contributed by atoms with Gasteiger partial charge in [-0.1, -0.05) is 18.8 Å². The van der Waals surface area contributed by atoms with Gasteiger partial charge >= 0.3 is 5.97 Å². The molecule has 2 rings (SSSR count). The molecule has 1 aromatic carbocycles. The molecule has 0 saturated carbocycles. The van der Waals surface area contributed by atoms with E-state index in [0.717, 1.165) is 18.8 Å². The van der Waals surface area contributed by atoms with E-state index >= 15 is 0 Å². The van der Waals surface area contributed by atoms with Crippen LogP contribution in [-0.4, -0.2) is 33.4 Å². The molecule has 0 N–H and O–H groups in total. The molecule has 1 aliphatic rings. The van der Waals surface area contributed by atoms with Crippen molar-refractivity contribution in [3.63, 3.8) is 0 Å². The topological polar surface area (TPSA) is 44.8 Å². The molecule has 1 aliphatic heterocycles. The van der Waals surface area contributed by atoms with Crippen molar-refractivity contribution >= 4 is 5.97 Å². The van der Waals surface area contributed by atoms with E-state index in [9.17, 15) is 4.79 Å². The minimum Gasteiger partial charge on any atom is -0.496 e. The molecule has 1 saturated heterocycles. The molecular weight excluding hydrogens is 256 g/mol. The lowest BCUT2D eigenvalue weighted by Gasteiger charge is -2.28. The van der Waals surface area contributed by atoms with Crippen LogP contribution in [0.5, 0.6) is 5.75 Å². The number of hydrogen-bond acceptors (Lipinski definition) is 4. The third-order valence-electron chi connectivity index (χ3n) is 3.42. The van der Waals surface area contributed by atoms with Gasteiger partial charge in [-0.05, 0) is 18.2 Å². The summed E-state index contributed by atoms with van der Waals surface area (Å²) in [4.78, 5) is 11.6. The van der Waals surface area contributed by atoms with Crippen molar-refractivity contribution in [1.82, 2.24) is 0 Å². The van der Waals surface area contributed by atoms with Crippen molar-refractivity contribution in [2.24, 2.45) is 11.8 Å². The van der Waals surface area contributed by atoms with E-state index in [0.29, 0.717) is 23.1 Å². The van der Waals surface area contributed by atoms with Crippen LogP contribution in [0.4, 0.5) is 0 Å². The highest BCUT2D eigenvalue weighted by molar-refractivity contribution is 5.92. The molecule has 0 spiro atoms. The van der Waals surface area contributed by atoms with Crippen molar-refractivity contribution in [3.8, 4) is 17.6 Å². The van der Waals surface area contributed by atoms with Gasteiger partial charge in [-0.2, -0.15) is 0 Å². The van der Waals surface area contributed by atoms with Crippen LogP contribution in [0.1, 0.15) is 22.8 Å². The first-order chi connectivity index (χ1) is 9.65. The molecule has 0 bridgehead atoms. The number of ether oxygens (including phenoxy) is 3. The third kappa shape index (κ3) is 3.12. The summed E-state index contributed by atoms with van der Waals surface area (Å²) >= 11 is 0. The maximum atomic E-state index is 11.6. The van der Waals surface area contributed by atoms with E-state index < -0.39 is 5.97 Å². The van der Waals surface area contributed by atoms with Crippen LogP contribution in [0.2, 0.25) is 0 Å². The lowest BCUT2D eigenvalue weighted by Crippen LogP contribution is -2.32. The zero-order chi connectivity index (χ0) is 14.5. The van der Waals surface area contributed by atoms with Gasteiger partial charge in [0.05, 0.1) is 27.4 Å². The highest BCUT2D eigenvalue weighted by Crippen LogP contribution is 2.22. The van der Waals surface area contributed by atoms with E-state index in [4.69, 9.17) is 14.2 Å². The second kappa shape index (κ2) is 6.44. The Morgan fingerprint density at radius 3 is 2.70 bits per heavy atom. The van der Waals surface area contributed by atoms with Gasteiger partial charge in [-0.15, -0.1) is 0 Å². The lowest BCUT2D eigenvalue weighted by atomic mass is 9.93. The molecule has 0 aromatic heterocycles. The summed E-state index contributed by atoms with van der Waals surface area (Å²) in [5.74, 6) is 7.22. The monoisotopic (exact) mass is 274 g/mol. The second-order valence-electron chi connectivity index (χ2n) is 4.76. The fourth-order valence-corrected chi connectivity index (χ4v) is 1.91. The molecule has 1 aromatic rings. The van der Waals surface area contributed by atoms with Gasteiger partial charge in [0, 0.05) is 17.4 Å². The highest BCUT2D eigenvalue weighted by Gasteiger charge is 2.23. The third-order valence-corrected chi connectivity index (χ3v) is 3.42. The summed E-state index contributed by atoms with van der Waals surface area (Å²) in [7, 11) is 2.87. The van der Waals surface area contributed by atoms with Crippen molar-refractivity contribution in [2.75, 3.05) is 27.4 Å². The first-order valence-electron chi connectivity index (χ1n) is 6.51. The highest BCUT2D eigenvalue weighted by atomic mass is 16.5. The normalized spacial score (nSPS) is 15.6. The minimum atomic E-state index is -0.415. The van der Waals surface area contributed by atoms with Crippen LogP contribution in [0.25, 0.3) is 0 Å². The Kier molecular flexibility index (Phi) is 4.65. The van der Waals surface area contributed by atoms with Crippen LogP contribution in [-0.2, 0) is 9.47 Å². The summed E-state index contributed by atoms with van der Waals surface area (Å²) in [6.07, 6.45) is 0. The molecule has 4 nitrogen and oxygen atoms in total. The largest absolute Gasteiger partial charge is 0.496 e. The number of carbonyl (C=O) groups excluding carboxylic acids is 1. The van der Waals surface area contributed by atoms with Gasteiger partial charge < -0.3 is 14.2 Å². The number of hydrogen-bond donors (Lipinski definition) is 0. The van der Waals surface area contributed by atoms with Crippen molar-refractivity contribution in [3.05, 3.63) is 29.3 Å². The zero-order valence-corrected chi connectivity index (χ0v) is 11.9. The van der Waals surface area contributed by atoms with E-state index in [1.54, 1.807) is 18.2 Å². The van der Waals surface area contributed by atoms with Crippen LogP contribution in [0, 0.1) is 23.7 Å². The predicted octanol–water partition coefficient (Wildman–Crippen LogP) is 2.12. The van der Waals surface area contributed by atoms with Crippen LogP contribution in [0.3, 0.4) is 0 Å². The second-order valence-corrected chi connectivity index (χ2v) is 4.76. The van der Waals surface area contributed by atoms with Crippen molar-refractivity contribution in [1.29, 1.82) is 0 Å². The van der Waals surface area contributed by atoms with Crippen molar-refractivity contribution < 1.29 is 19.0 Å². The summed E-state index contributed by atoms with van der Waals surface area (Å²) in [6, 6.07) is 5.22. The smallest absolute Gasteiger partial charge is 0.341 e.